The van der Waals surface area contributed by atoms with Crippen molar-refractivity contribution in [1.29, 1.82) is 0 Å². The average Bonchev–Trinajstić information content (AvgIpc) is 3.29. The van der Waals surface area contributed by atoms with Crippen LogP contribution in [0, 0.1) is 0 Å². The van der Waals surface area contributed by atoms with Crippen LogP contribution >= 0.6 is 0 Å². The zero-order valence-corrected chi connectivity index (χ0v) is 17.4. The van der Waals surface area contributed by atoms with Gasteiger partial charge in [-0.15, -0.1) is 0 Å². The lowest BCUT2D eigenvalue weighted by molar-refractivity contribution is -0.111. The summed E-state index contributed by atoms with van der Waals surface area (Å²) in [4.78, 5) is 10.9. The Morgan fingerprint density at radius 1 is 1.20 bits per heavy atom. The van der Waals surface area contributed by atoms with Crippen LogP contribution in [0.25, 0.3) is 0 Å². The van der Waals surface area contributed by atoms with E-state index in [1.807, 2.05) is 48.9 Å². The van der Waals surface area contributed by atoms with Crippen molar-refractivity contribution < 1.29 is 10.1 Å². The second-order valence-electron chi connectivity index (χ2n) is 7.83. The molecular weight excluding hydrogens is 378 g/mol. The minimum absolute atomic E-state index is 0.0793. The Morgan fingerprint density at radius 2 is 2.00 bits per heavy atom. The van der Waals surface area contributed by atoms with Crippen LogP contribution in [-0.2, 0) is 0 Å². The van der Waals surface area contributed by atoms with E-state index in [-0.39, 0.29) is 6.10 Å². The third-order valence-corrected chi connectivity index (χ3v) is 5.34. The van der Waals surface area contributed by atoms with Crippen molar-refractivity contribution >= 4 is 17.2 Å². The lowest BCUT2D eigenvalue weighted by Crippen LogP contribution is -2.41. The molecule has 0 radical (unpaired) electrons. The minimum atomic E-state index is 0.0793. The van der Waals surface area contributed by atoms with Gasteiger partial charge in [-0.1, -0.05) is 0 Å². The van der Waals surface area contributed by atoms with E-state index in [4.69, 9.17) is 15.9 Å². The van der Waals surface area contributed by atoms with Crippen molar-refractivity contribution in [3.05, 3.63) is 60.3 Å². The van der Waals surface area contributed by atoms with Gasteiger partial charge in [0.2, 0.25) is 5.71 Å². The highest BCUT2D eigenvalue weighted by Crippen LogP contribution is 2.27. The summed E-state index contributed by atoms with van der Waals surface area (Å²) in [6.07, 6.45) is 7.24. The van der Waals surface area contributed by atoms with E-state index >= 15 is 0 Å². The van der Waals surface area contributed by atoms with Crippen molar-refractivity contribution in [2.45, 2.75) is 38.8 Å². The summed E-state index contributed by atoms with van der Waals surface area (Å²) in [5.41, 5.74) is 9.11. The first-order valence-corrected chi connectivity index (χ1v) is 10.3. The predicted octanol–water partition coefficient (Wildman–Crippen LogP) is 1.48. The smallest absolute Gasteiger partial charge is 0.213 e. The normalized spacial score (nSPS) is 14.8. The molecule has 1 aliphatic rings. The lowest BCUT2D eigenvalue weighted by Gasteiger charge is -2.32. The number of aromatic nitrogens is 4. The summed E-state index contributed by atoms with van der Waals surface area (Å²) in [7, 11) is 0. The monoisotopic (exact) mass is 406 g/mol. The minimum Gasteiger partial charge on any atom is -0.491 e. The SMILES string of the molecule is CC(C)Oc1ccc(N)c(C(=[NH2+])c2ccnc(N3CCC(n4cncn4)CC3)c2)c1. The van der Waals surface area contributed by atoms with Crippen molar-refractivity contribution in [2.75, 3.05) is 23.7 Å². The number of anilines is 2. The van der Waals surface area contributed by atoms with Crippen LogP contribution in [0.2, 0.25) is 0 Å². The van der Waals surface area contributed by atoms with Gasteiger partial charge in [0.1, 0.15) is 24.2 Å². The molecule has 0 saturated carbocycles. The number of hydrogen-bond acceptors (Lipinski definition) is 6. The fraction of sp³-hybridized carbons (Fsp3) is 0.364. The topological polar surface area (TPSA) is 108 Å². The summed E-state index contributed by atoms with van der Waals surface area (Å²) in [5.74, 6) is 1.67. The first-order chi connectivity index (χ1) is 14.5. The van der Waals surface area contributed by atoms with E-state index in [0.717, 1.165) is 48.6 Å². The van der Waals surface area contributed by atoms with Gasteiger partial charge in [0.15, 0.2) is 0 Å². The van der Waals surface area contributed by atoms with Crippen LogP contribution in [0.15, 0.2) is 49.2 Å². The highest BCUT2D eigenvalue weighted by molar-refractivity contribution is 6.12. The Labute approximate surface area is 176 Å². The predicted molar refractivity (Wildman–Crippen MR) is 116 cm³/mol. The number of piperidine rings is 1. The molecule has 0 atom stereocenters. The van der Waals surface area contributed by atoms with Gasteiger partial charge in [-0.25, -0.2) is 14.6 Å². The van der Waals surface area contributed by atoms with Gasteiger partial charge in [-0.05, 0) is 57.0 Å². The molecule has 1 aliphatic heterocycles. The number of benzene rings is 1. The van der Waals surface area contributed by atoms with Gasteiger partial charge in [0.05, 0.1) is 23.3 Å². The average molecular weight is 407 g/mol. The molecule has 0 aliphatic carbocycles. The van der Waals surface area contributed by atoms with Gasteiger partial charge in [0, 0.05) is 25.0 Å². The molecule has 2 aromatic heterocycles. The highest BCUT2D eigenvalue weighted by atomic mass is 16.5. The Morgan fingerprint density at radius 3 is 2.70 bits per heavy atom. The molecule has 3 aromatic rings. The van der Waals surface area contributed by atoms with Crippen LogP contribution in [0.1, 0.15) is 43.9 Å². The van der Waals surface area contributed by atoms with E-state index in [0.29, 0.717) is 17.4 Å². The summed E-state index contributed by atoms with van der Waals surface area (Å²) in [6.45, 7) is 5.79. The fourth-order valence-corrected chi connectivity index (χ4v) is 3.79. The maximum atomic E-state index is 6.52. The van der Waals surface area contributed by atoms with E-state index in [1.54, 1.807) is 18.9 Å². The summed E-state index contributed by atoms with van der Waals surface area (Å²) >= 11 is 0. The van der Waals surface area contributed by atoms with Gasteiger partial charge < -0.3 is 15.4 Å². The standard InChI is InChI=1S/C22H27N7O/c1-15(2)30-18-3-4-20(23)19(12-18)22(24)16-5-8-26-21(11-16)28-9-6-17(7-10-28)29-14-25-13-27-29/h3-5,8,11-15,17,24H,6-7,9-10,23H2,1-2H3/p+1. The quantitative estimate of drug-likeness (QED) is 0.474. The molecule has 0 bridgehead atoms. The zero-order chi connectivity index (χ0) is 21.1. The summed E-state index contributed by atoms with van der Waals surface area (Å²) in [6, 6.07) is 9.91. The van der Waals surface area contributed by atoms with E-state index in [1.165, 1.54) is 0 Å². The van der Waals surface area contributed by atoms with Crippen LogP contribution in [0.4, 0.5) is 11.5 Å². The molecule has 1 saturated heterocycles. The molecule has 0 unspecified atom stereocenters. The van der Waals surface area contributed by atoms with Gasteiger partial charge >= 0.3 is 0 Å². The van der Waals surface area contributed by atoms with Crippen LogP contribution in [0.5, 0.6) is 5.75 Å². The number of nitrogens with zero attached hydrogens (tertiary/aromatic N) is 5. The molecule has 30 heavy (non-hydrogen) atoms. The van der Waals surface area contributed by atoms with Crippen LogP contribution in [0.3, 0.4) is 0 Å². The molecular formula is C22H28N7O+. The second-order valence-corrected chi connectivity index (χ2v) is 7.83. The zero-order valence-electron chi connectivity index (χ0n) is 17.4. The maximum Gasteiger partial charge on any atom is 0.213 e. The van der Waals surface area contributed by atoms with Crippen molar-refractivity contribution in [3.8, 4) is 5.75 Å². The number of rotatable bonds is 6. The first-order valence-electron chi connectivity index (χ1n) is 10.3. The number of pyridine rings is 1. The van der Waals surface area contributed by atoms with Crippen molar-refractivity contribution in [1.82, 2.24) is 19.7 Å². The molecule has 156 valence electrons. The molecule has 8 nitrogen and oxygen atoms in total. The van der Waals surface area contributed by atoms with Crippen molar-refractivity contribution in [2.24, 2.45) is 0 Å². The molecule has 1 fully saturated rings. The molecule has 1 aromatic carbocycles. The fourth-order valence-electron chi connectivity index (χ4n) is 3.79. The largest absolute Gasteiger partial charge is 0.491 e. The van der Waals surface area contributed by atoms with E-state index in [2.05, 4.69) is 20.0 Å². The number of nitrogens with two attached hydrogens (primary N) is 2. The molecule has 0 amide bonds. The molecule has 4 rings (SSSR count). The third kappa shape index (κ3) is 4.27. The van der Waals surface area contributed by atoms with E-state index < -0.39 is 0 Å². The molecule has 3 heterocycles. The molecule has 0 spiro atoms. The van der Waals surface area contributed by atoms with Crippen LogP contribution < -0.4 is 20.8 Å². The summed E-state index contributed by atoms with van der Waals surface area (Å²) in [5, 5.41) is 10.8. The Kier molecular flexibility index (Phi) is 5.65. The number of nitrogen functional groups attached to an aromatic ring is 1. The Balaban J connectivity index is 1.50. The third-order valence-electron chi connectivity index (χ3n) is 5.34. The molecule has 4 N–H and O–H groups in total. The summed E-state index contributed by atoms with van der Waals surface area (Å²) < 4.78 is 7.75. The van der Waals surface area contributed by atoms with E-state index in [9.17, 15) is 0 Å². The first kappa shape index (κ1) is 19.9. The van der Waals surface area contributed by atoms with Gasteiger partial charge in [0.25, 0.3) is 0 Å². The second kappa shape index (κ2) is 8.52. The number of hydrogen-bond donors (Lipinski definition) is 2. The lowest BCUT2D eigenvalue weighted by atomic mass is 10.0. The van der Waals surface area contributed by atoms with Crippen LogP contribution in [-0.4, -0.2) is 44.7 Å². The van der Waals surface area contributed by atoms with Gasteiger partial charge in [-0.2, -0.15) is 5.10 Å². The highest BCUT2D eigenvalue weighted by Gasteiger charge is 2.23. The maximum absolute atomic E-state index is 6.52. The molecule has 8 heteroatoms. The Bertz CT molecular complexity index is 1010. The van der Waals surface area contributed by atoms with Crippen molar-refractivity contribution in [3.63, 3.8) is 0 Å². The Hall–Kier alpha value is -3.42. The number of ether oxygens (including phenoxy) is 1. The van der Waals surface area contributed by atoms with Gasteiger partial charge in [-0.3, -0.25) is 5.41 Å².